The molecule has 0 spiro atoms. The van der Waals surface area contributed by atoms with E-state index in [-0.39, 0.29) is 24.5 Å². The van der Waals surface area contributed by atoms with Gasteiger partial charge >= 0.3 is 11.6 Å². The number of aromatic hydroxyl groups is 1. The lowest BCUT2D eigenvalue weighted by Crippen LogP contribution is -2.15. The van der Waals surface area contributed by atoms with Crippen molar-refractivity contribution >= 4 is 16.9 Å². The highest BCUT2D eigenvalue weighted by molar-refractivity contribution is 5.81. The van der Waals surface area contributed by atoms with Gasteiger partial charge in [-0.1, -0.05) is 26.0 Å². The zero-order chi connectivity index (χ0) is 19.4. The molecular formula is C21H20O6. The molecular weight excluding hydrogens is 348 g/mol. The highest BCUT2D eigenvalue weighted by Crippen LogP contribution is 2.22. The molecule has 1 heterocycles. The Labute approximate surface area is 156 Å². The molecule has 0 atom stereocenters. The van der Waals surface area contributed by atoms with E-state index in [1.807, 2.05) is 24.3 Å². The summed E-state index contributed by atoms with van der Waals surface area (Å²) in [6.07, 6.45) is 0. The molecule has 6 nitrogen and oxygen atoms in total. The van der Waals surface area contributed by atoms with Crippen LogP contribution in [0.4, 0.5) is 0 Å². The minimum absolute atomic E-state index is 0.0170. The maximum Gasteiger partial charge on any atom is 0.344 e. The molecule has 1 aromatic heterocycles. The van der Waals surface area contributed by atoms with Crippen LogP contribution < -0.4 is 10.4 Å². The number of hydrogen-bond acceptors (Lipinski definition) is 6. The molecule has 0 saturated heterocycles. The molecule has 6 heteroatoms. The van der Waals surface area contributed by atoms with Gasteiger partial charge in [0.25, 0.3) is 0 Å². The van der Waals surface area contributed by atoms with E-state index in [0.717, 1.165) is 0 Å². The molecule has 0 aliphatic rings. The van der Waals surface area contributed by atoms with Gasteiger partial charge in [-0.25, -0.2) is 9.59 Å². The van der Waals surface area contributed by atoms with Gasteiger partial charge in [0, 0.05) is 23.1 Å². The molecule has 0 aliphatic heterocycles. The van der Waals surface area contributed by atoms with Gasteiger partial charge in [-0.05, 0) is 35.7 Å². The van der Waals surface area contributed by atoms with Crippen LogP contribution in [-0.2, 0) is 16.1 Å². The molecule has 0 amide bonds. The Bertz CT molecular complexity index is 1000. The van der Waals surface area contributed by atoms with Crippen LogP contribution in [0.2, 0.25) is 0 Å². The van der Waals surface area contributed by atoms with Crippen LogP contribution in [-0.4, -0.2) is 17.7 Å². The summed E-state index contributed by atoms with van der Waals surface area (Å²) in [6.45, 7) is 3.87. The Balaban J connectivity index is 1.61. The maximum atomic E-state index is 12.0. The first-order valence-electron chi connectivity index (χ1n) is 8.56. The first-order chi connectivity index (χ1) is 12.9. The molecule has 1 N–H and O–H groups in total. The first-order valence-corrected chi connectivity index (χ1v) is 8.56. The third-order valence-electron chi connectivity index (χ3n) is 4.11. The van der Waals surface area contributed by atoms with Gasteiger partial charge in [-0.3, -0.25) is 0 Å². The maximum absolute atomic E-state index is 12.0. The topological polar surface area (TPSA) is 86.0 Å². The smallest absolute Gasteiger partial charge is 0.344 e. The highest BCUT2D eigenvalue weighted by Gasteiger charge is 2.10. The minimum Gasteiger partial charge on any atom is -0.508 e. The van der Waals surface area contributed by atoms with E-state index in [1.54, 1.807) is 6.07 Å². The number of ether oxygens (including phenoxy) is 2. The number of esters is 1. The zero-order valence-electron chi connectivity index (χ0n) is 15.1. The zero-order valence-corrected chi connectivity index (χ0v) is 15.1. The molecule has 0 unspecified atom stereocenters. The van der Waals surface area contributed by atoms with E-state index in [2.05, 4.69) is 13.8 Å². The lowest BCUT2D eigenvalue weighted by Gasteiger charge is -2.10. The molecule has 3 rings (SSSR count). The van der Waals surface area contributed by atoms with Crippen molar-refractivity contribution in [1.82, 2.24) is 0 Å². The summed E-state index contributed by atoms with van der Waals surface area (Å²) < 4.78 is 15.7. The third kappa shape index (κ3) is 4.67. The fourth-order valence-corrected chi connectivity index (χ4v) is 2.63. The van der Waals surface area contributed by atoms with Crippen LogP contribution in [0.25, 0.3) is 11.0 Å². The molecule has 0 saturated carbocycles. The Morgan fingerprint density at radius 3 is 2.56 bits per heavy atom. The minimum atomic E-state index is -0.583. The number of rotatable bonds is 6. The van der Waals surface area contributed by atoms with Crippen molar-refractivity contribution in [2.45, 2.75) is 26.4 Å². The van der Waals surface area contributed by atoms with Gasteiger partial charge in [0.1, 0.15) is 23.7 Å². The van der Waals surface area contributed by atoms with Crippen LogP contribution in [0.15, 0.2) is 57.7 Å². The van der Waals surface area contributed by atoms with Crippen LogP contribution in [0.5, 0.6) is 11.5 Å². The Morgan fingerprint density at radius 2 is 1.85 bits per heavy atom. The molecule has 27 heavy (non-hydrogen) atoms. The summed E-state index contributed by atoms with van der Waals surface area (Å²) in [4.78, 5) is 23.6. The number of phenolic OH excluding ortho intramolecular Hbond substituents is 1. The van der Waals surface area contributed by atoms with E-state index in [9.17, 15) is 14.7 Å². The average Bonchev–Trinajstić information content (AvgIpc) is 2.64. The highest BCUT2D eigenvalue weighted by atomic mass is 16.6. The summed E-state index contributed by atoms with van der Waals surface area (Å²) in [5, 5.41) is 10.1. The van der Waals surface area contributed by atoms with Crippen molar-refractivity contribution < 1.29 is 23.8 Å². The Morgan fingerprint density at radius 1 is 1.11 bits per heavy atom. The van der Waals surface area contributed by atoms with Gasteiger partial charge in [0.15, 0.2) is 6.61 Å². The van der Waals surface area contributed by atoms with Crippen molar-refractivity contribution in [2.75, 3.05) is 6.61 Å². The number of carbonyl (C=O) groups excluding carboxylic acids is 1. The number of fused-ring (bicyclic) bond motifs is 1. The molecule has 3 aromatic rings. The number of hydrogen-bond donors (Lipinski definition) is 1. The SMILES string of the molecule is CC(C)c1ccc(OCC(=O)OCc2cc(=O)oc3cc(O)ccc23)cc1. The fraction of sp³-hybridized carbons (Fsp3) is 0.238. The van der Waals surface area contributed by atoms with E-state index in [4.69, 9.17) is 13.9 Å². The fourth-order valence-electron chi connectivity index (χ4n) is 2.63. The van der Waals surface area contributed by atoms with Crippen molar-refractivity contribution in [3.8, 4) is 11.5 Å². The summed E-state index contributed by atoms with van der Waals surface area (Å²) >= 11 is 0. The molecule has 140 valence electrons. The predicted molar refractivity (Wildman–Crippen MR) is 100.0 cm³/mol. The summed E-state index contributed by atoms with van der Waals surface area (Å²) in [6, 6.07) is 13.2. The van der Waals surface area contributed by atoms with Gasteiger partial charge in [0.2, 0.25) is 0 Å². The second-order valence-electron chi connectivity index (χ2n) is 6.44. The molecule has 0 bridgehead atoms. The van der Waals surface area contributed by atoms with Crippen molar-refractivity contribution in [2.24, 2.45) is 0 Å². The van der Waals surface area contributed by atoms with Gasteiger partial charge in [-0.2, -0.15) is 0 Å². The van der Waals surface area contributed by atoms with Crippen LogP contribution in [0, 0.1) is 0 Å². The largest absolute Gasteiger partial charge is 0.508 e. The van der Waals surface area contributed by atoms with E-state index in [1.165, 1.54) is 23.8 Å². The molecule has 0 aliphatic carbocycles. The van der Waals surface area contributed by atoms with E-state index >= 15 is 0 Å². The first kappa shape index (κ1) is 18.5. The number of benzene rings is 2. The van der Waals surface area contributed by atoms with Crippen molar-refractivity contribution in [1.29, 1.82) is 0 Å². The van der Waals surface area contributed by atoms with Gasteiger partial charge in [0.05, 0.1) is 0 Å². The van der Waals surface area contributed by atoms with Crippen LogP contribution in [0.3, 0.4) is 0 Å². The van der Waals surface area contributed by atoms with Crippen LogP contribution >= 0.6 is 0 Å². The molecule has 0 fully saturated rings. The normalized spacial score (nSPS) is 10.9. The predicted octanol–water partition coefficient (Wildman–Crippen LogP) is 3.74. The quantitative estimate of drug-likeness (QED) is 0.527. The lowest BCUT2D eigenvalue weighted by atomic mass is 10.0. The summed E-state index contributed by atoms with van der Waals surface area (Å²) in [5.74, 6) is 0.432. The standard InChI is InChI=1S/C21H20O6/c1-13(2)14-3-6-17(7-4-14)25-12-21(24)26-11-15-9-20(23)27-19-10-16(22)5-8-18(15)19/h3-10,13,22H,11-12H2,1-2H3. The number of carbonyl (C=O) groups is 1. The Kier molecular flexibility index (Phi) is 5.45. The van der Waals surface area contributed by atoms with Crippen molar-refractivity contribution in [3.63, 3.8) is 0 Å². The van der Waals surface area contributed by atoms with E-state index in [0.29, 0.717) is 22.6 Å². The summed E-state index contributed by atoms with van der Waals surface area (Å²) in [7, 11) is 0. The van der Waals surface area contributed by atoms with Crippen LogP contribution in [0.1, 0.15) is 30.9 Å². The summed E-state index contributed by atoms with van der Waals surface area (Å²) in [5.41, 5.74) is 1.33. The monoisotopic (exact) mass is 368 g/mol. The lowest BCUT2D eigenvalue weighted by molar-refractivity contribution is -0.147. The Hall–Kier alpha value is -3.28. The van der Waals surface area contributed by atoms with Gasteiger partial charge < -0.3 is 19.0 Å². The second-order valence-corrected chi connectivity index (χ2v) is 6.44. The average molecular weight is 368 g/mol. The van der Waals surface area contributed by atoms with Gasteiger partial charge in [-0.15, -0.1) is 0 Å². The molecule has 0 radical (unpaired) electrons. The second kappa shape index (κ2) is 7.95. The van der Waals surface area contributed by atoms with E-state index < -0.39 is 11.6 Å². The number of phenols is 1. The third-order valence-corrected chi connectivity index (χ3v) is 4.11. The molecule has 2 aromatic carbocycles. The van der Waals surface area contributed by atoms with Crippen molar-refractivity contribution in [3.05, 3.63) is 70.1 Å².